The van der Waals surface area contributed by atoms with Gasteiger partial charge in [0, 0.05) is 0 Å². The lowest BCUT2D eigenvalue weighted by molar-refractivity contribution is -0.144. The molecular weight excluding hydrogens is 480 g/mol. The monoisotopic (exact) mass is 511 g/mol. The number of carbonyl (C=O) groups is 2. The van der Waals surface area contributed by atoms with Crippen LogP contribution >= 0.6 is 30.8 Å². The van der Waals surface area contributed by atoms with E-state index in [1.54, 1.807) is 30.3 Å². The fourth-order valence-electron chi connectivity index (χ4n) is 2.82. The number of alkyl halides is 2. The molecule has 0 atom stereocenters. The Kier molecular flexibility index (Phi) is 13.2. The van der Waals surface area contributed by atoms with E-state index >= 15 is 0 Å². The zero-order valence-corrected chi connectivity index (χ0v) is 20.7. The summed E-state index contributed by atoms with van der Waals surface area (Å²) in [6.45, 7) is 1.21. The van der Waals surface area contributed by atoms with E-state index in [9.17, 15) is 23.9 Å². The zero-order valence-electron chi connectivity index (χ0n) is 18.3. The van der Waals surface area contributed by atoms with Gasteiger partial charge < -0.3 is 19.3 Å². The van der Waals surface area contributed by atoms with E-state index in [0.29, 0.717) is 12.0 Å². The smallest absolute Gasteiger partial charge is 0.413 e. The van der Waals surface area contributed by atoms with Gasteiger partial charge in [-0.25, -0.2) is 4.79 Å². The Morgan fingerprint density at radius 1 is 0.969 bits per heavy atom. The number of hydrogen-bond donors (Lipinski definition) is 2. The Bertz CT molecular complexity index is 743. The van der Waals surface area contributed by atoms with Crippen molar-refractivity contribution in [3.63, 3.8) is 0 Å². The van der Waals surface area contributed by atoms with Crippen molar-refractivity contribution in [2.45, 2.75) is 69.1 Å². The van der Waals surface area contributed by atoms with Gasteiger partial charge in [-0.15, -0.1) is 0 Å². The lowest BCUT2D eigenvalue weighted by atomic mass is 10.1. The summed E-state index contributed by atoms with van der Waals surface area (Å²) in [5.74, 6) is -0.899. The van der Waals surface area contributed by atoms with Crippen LogP contribution in [0.1, 0.15) is 63.9 Å². The first-order chi connectivity index (χ1) is 15.1. The average Bonchev–Trinajstić information content (AvgIpc) is 2.74. The molecule has 1 rings (SSSR count). The number of benzene rings is 1. The number of ether oxygens (including phenoxy) is 2. The molecule has 0 aromatic heterocycles. The molecule has 0 saturated carbocycles. The third-order valence-corrected chi connectivity index (χ3v) is 7.32. The van der Waals surface area contributed by atoms with Gasteiger partial charge in [-0.1, -0.05) is 105 Å². The first kappa shape index (κ1) is 28.7. The lowest BCUT2D eigenvalue weighted by Crippen LogP contribution is -2.47. The van der Waals surface area contributed by atoms with Crippen LogP contribution in [0, 0.1) is 0 Å². The van der Waals surface area contributed by atoms with E-state index in [1.807, 2.05) is 0 Å². The number of rotatable bonds is 15. The molecule has 0 aliphatic heterocycles. The summed E-state index contributed by atoms with van der Waals surface area (Å²) in [4.78, 5) is 43.8. The molecule has 1 aromatic rings. The minimum atomic E-state index is -5.23. The van der Waals surface area contributed by atoms with Crippen molar-refractivity contribution in [1.82, 2.24) is 4.90 Å². The third kappa shape index (κ3) is 10.5. The molecule has 0 aliphatic rings. The maximum Gasteiger partial charge on any atom is 0.413 e. The lowest BCUT2D eigenvalue weighted by Gasteiger charge is -2.32. The molecule has 0 heterocycles. The molecule has 11 heteroatoms. The van der Waals surface area contributed by atoms with Crippen molar-refractivity contribution >= 4 is 42.9 Å². The summed E-state index contributed by atoms with van der Waals surface area (Å²) in [5.41, 5.74) is 0.629. The quantitative estimate of drug-likeness (QED) is 0.104. The molecule has 8 nitrogen and oxygen atoms in total. The van der Waals surface area contributed by atoms with Gasteiger partial charge in [0.25, 0.3) is 4.20 Å². The maximum absolute atomic E-state index is 12.5. The summed E-state index contributed by atoms with van der Waals surface area (Å²) < 4.78 is 18.8. The van der Waals surface area contributed by atoms with E-state index in [2.05, 4.69) is 6.92 Å². The molecule has 0 radical (unpaired) electrons. The second-order valence-electron chi connectivity index (χ2n) is 7.38. The van der Waals surface area contributed by atoms with Crippen LogP contribution < -0.4 is 0 Å². The molecule has 182 valence electrons. The van der Waals surface area contributed by atoms with Crippen LogP contribution in [-0.2, 0) is 25.4 Å². The highest BCUT2D eigenvalue weighted by molar-refractivity contribution is 7.58. The number of halogens is 2. The van der Waals surface area contributed by atoms with Crippen molar-refractivity contribution in [1.29, 1.82) is 0 Å². The fraction of sp³-hybridized carbons (Fsp3) is 0.619. The van der Waals surface area contributed by atoms with Crippen LogP contribution in [-0.4, -0.2) is 44.1 Å². The van der Waals surface area contributed by atoms with Gasteiger partial charge in [0.15, 0.2) is 0 Å². The van der Waals surface area contributed by atoms with Crippen molar-refractivity contribution < 1.29 is 33.4 Å². The molecule has 32 heavy (non-hydrogen) atoms. The highest BCUT2D eigenvalue weighted by atomic mass is 35.5. The highest BCUT2D eigenvalue weighted by Gasteiger charge is 2.53. The largest absolute Gasteiger partial charge is 0.464 e. The minimum absolute atomic E-state index is 0.119. The summed E-state index contributed by atoms with van der Waals surface area (Å²) in [6.07, 6.45) is 7.26. The normalized spacial score (nSPS) is 11.8. The van der Waals surface area contributed by atoms with E-state index in [1.165, 1.54) is 25.7 Å². The molecule has 0 saturated heterocycles. The summed E-state index contributed by atoms with van der Waals surface area (Å²) in [6, 6.07) is 8.61. The maximum atomic E-state index is 12.5. The van der Waals surface area contributed by atoms with Gasteiger partial charge >= 0.3 is 19.7 Å². The number of hydrogen-bond acceptors (Lipinski definition) is 5. The second kappa shape index (κ2) is 14.8. The Balaban J connectivity index is 2.55. The predicted octanol–water partition coefficient (Wildman–Crippen LogP) is 5.58. The van der Waals surface area contributed by atoms with Crippen LogP contribution in [0.4, 0.5) is 4.79 Å². The van der Waals surface area contributed by atoms with Crippen LogP contribution in [0.3, 0.4) is 0 Å². The van der Waals surface area contributed by atoms with Gasteiger partial charge in [0.1, 0.15) is 13.2 Å². The summed E-state index contributed by atoms with van der Waals surface area (Å²) >= 11 is 11.5. The molecule has 0 unspecified atom stereocenters. The molecule has 0 aliphatic carbocycles. The molecular formula is C21H32Cl2NO7P. The van der Waals surface area contributed by atoms with Gasteiger partial charge in [-0.2, -0.15) is 0 Å². The number of amides is 1. The number of esters is 1. The van der Waals surface area contributed by atoms with Crippen molar-refractivity contribution in [2.75, 3.05) is 13.2 Å². The van der Waals surface area contributed by atoms with Gasteiger partial charge in [0.05, 0.1) is 6.61 Å². The van der Waals surface area contributed by atoms with E-state index in [0.717, 1.165) is 19.3 Å². The Morgan fingerprint density at radius 2 is 1.53 bits per heavy atom. The van der Waals surface area contributed by atoms with Crippen LogP contribution in [0.25, 0.3) is 0 Å². The van der Waals surface area contributed by atoms with Crippen LogP contribution in [0.15, 0.2) is 30.3 Å². The summed E-state index contributed by atoms with van der Waals surface area (Å²) in [5, 5.41) is 0. The minimum Gasteiger partial charge on any atom is -0.464 e. The third-order valence-electron chi connectivity index (χ3n) is 4.65. The van der Waals surface area contributed by atoms with Gasteiger partial charge in [0.2, 0.25) is 0 Å². The van der Waals surface area contributed by atoms with Crippen molar-refractivity contribution in [3.05, 3.63) is 35.9 Å². The Labute approximate surface area is 199 Å². The molecule has 1 amide bonds. The van der Waals surface area contributed by atoms with Gasteiger partial charge in [-0.3, -0.25) is 14.3 Å². The molecule has 2 N–H and O–H groups in total. The SMILES string of the molecule is CCCCCCCCCCOC(=O)CN(C(=O)OCc1ccccc1)C(Cl)(Cl)P(=O)(O)O. The Hall–Kier alpha value is -1.31. The first-order valence-electron chi connectivity index (χ1n) is 10.7. The van der Waals surface area contributed by atoms with E-state index in [-0.39, 0.29) is 18.1 Å². The van der Waals surface area contributed by atoms with E-state index in [4.69, 9.17) is 32.7 Å². The topological polar surface area (TPSA) is 113 Å². The molecule has 1 aromatic carbocycles. The van der Waals surface area contributed by atoms with Gasteiger partial charge in [-0.05, 0) is 12.0 Å². The van der Waals surface area contributed by atoms with Crippen LogP contribution in [0.2, 0.25) is 0 Å². The van der Waals surface area contributed by atoms with Crippen molar-refractivity contribution in [2.24, 2.45) is 0 Å². The second-order valence-corrected chi connectivity index (χ2v) is 10.9. The molecule has 0 bridgehead atoms. The Morgan fingerprint density at radius 3 is 2.09 bits per heavy atom. The zero-order chi connectivity index (χ0) is 24.0. The number of carbonyl (C=O) groups excluding carboxylic acids is 2. The predicted molar refractivity (Wildman–Crippen MR) is 123 cm³/mol. The van der Waals surface area contributed by atoms with E-state index < -0.39 is 30.4 Å². The molecule has 0 fully saturated rings. The standard InChI is InChI=1S/C21H32Cl2NO7P/c1-2-3-4-5-6-7-8-12-15-30-19(25)16-24(21(22,23)32(27,28)29)20(26)31-17-18-13-10-9-11-14-18/h9-11,13-14H,2-8,12,15-17H2,1H3,(H2,27,28,29). The average molecular weight is 512 g/mol. The van der Waals surface area contributed by atoms with Crippen LogP contribution in [0.5, 0.6) is 0 Å². The molecule has 0 spiro atoms. The highest BCUT2D eigenvalue weighted by Crippen LogP contribution is 2.58. The first-order valence-corrected chi connectivity index (χ1v) is 13.0. The number of unbranched alkanes of at least 4 members (excludes halogenated alkanes) is 7. The van der Waals surface area contributed by atoms with Crippen molar-refractivity contribution in [3.8, 4) is 0 Å². The number of nitrogens with zero attached hydrogens (tertiary/aromatic N) is 1. The fourth-order valence-corrected chi connectivity index (χ4v) is 3.55. The summed E-state index contributed by atoms with van der Waals surface area (Å²) in [7, 11) is -5.23.